The molecule has 4 rings (SSSR count). The number of hydrogen-bond acceptors (Lipinski definition) is 5. The number of ether oxygens (including phenoxy) is 3. The van der Waals surface area contributed by atoms with E-state index in [1.165, 1.54) is 68.3 Å². The number of nitrogens with zero attached hydrogens (tertiary/aromatic N) is 1. The Hall–Kier alpha value is -2.24. The number of methoxy groups -OCH3 is 2. The highest BCUT2D eigenvalue weighted by Gasteiger charge is 2.23. The normalized spacial score (nSPS) is 20.3. The predicted molar refractivity (Wildman–Crippen MR) is 143 cm³/mol. The van der Waals surface area contributed by atoms with Gasteiger partial charge >= 0.3 is 0 Å². The van der Waals surface area contributed by atoms with E-state index in [2.05, 4.69) is 53.5 Å². The quantitative estimate of drug-likeness (QED) is 0.381. The highest BCUT2D eigenvalue weighted by Crippen LogP contribution is 2.36. The van der Waals surface area contributed by atoms with Crippen LogP contribution in [0.4, 0.5) is 0 Å². The molecule has 0 amide bonds. The third kappa shape index (κ3) is 7.14. The molecule has 1 saturated heterocycles. The van der Waals surface area contributed by atoms with Gasteiger partial charge in [0.15, 0.2) is 11.5 Å². The molecule has 2 aliphatic heterocycles. The fourth-order valence-electron chi connectivity index (χ4n) is 5.60. The van der Waals surface area contributed by atoms with Gasteiger partial charge in [0.1, 0.15) is 5.75 Å². The van der Waals surface area contributed by atoms with E-state index in [1.807, 2.05) is 0 Å². The minimum atomic E-state index is 0.261. The van der Waals surface area contributed by atoms with Gasteiger partial charge in [-0.15, -0.1) is 0 Å². The van der Waals surface area contributed by atoms with E-state index in [4.69, 9.17) is 14.2 Å². The fraction of sp³-hybridized carbons (Fsp3) is 0.600. The molecule has 2 aromatic rings. The Balaban J connectivity index is 1.23. The van der Waals surface area contributed by atoms with Crippen LogP contribution in [0.15, 0.2) is 36.4 Å². The predicted octanol–water partition coefficient (Wildman–Crippen LogP) is 5.95. The van der Waals surface area contributed by atoms with Crippen LogP contribution < -0.4 is 19.5 Å². The fourth-order valence-corrected chi connectivity index (χ4v) is 5.60. The van der Waals surface area contributed by atoms with Gasteiger partial charge in [0.05, 0.1) is 20.8 Å². The lowest BCUT2D eigenvalue weighted by molar-refractivity contribution is 0.157. The van der Waals surface area contributed by atoms with Crippen molar-refractivity contribution in [3.05, 3.63) is 53.1 Å². The standard InChI is InChI=1S/C30H44N2O3/c1-23-11-6-8-17-32(23)16-7-4-5-9-18-35-26-13-10-12-24(19-26)20-28-27-22-30(34-3)29(33-2)21-25(27)14-15-31-28/h10,12-13,19,21-23,28,31H,4-9,11,14-18,20H2,1-3H3. The third-order valence-corrected chi connectivity index (χ3v) is 7.69. The number of hydrogen-bond donors (Lipinski definition) is 1. The Morgan fingerprint density at radius 3 is 2.63 bits per heavy atom. The summed E-state index contributed by atoms with van der Waals surface area (Å²) in [5.74, 6) is 2.58. The van der Waals surface area contributed by atoms with Crippen LogP contribution >= 0.6 is 0 Å². The topological polar surface area (TPSA) is 43.0 Å². The molecule has 1 fully saturated rings. The number of nitrogens with one attached hydrogen (secondary N) is 1. The molecule has 2 atom stereocenters. The van der Waals surface area contributed by atoms with E-state index in [-0.39, 0.29) is 6.04 Å². The molecule has 35 heavy (non-hydrogen) atoms. The maximum atomic E-state index is 6.12. The lowest BCUT2D eigenvalue weighted by Crippen LogP contribution is -2.37. The zero-order valence-corrected chi connectivity index (χ0v) is 22.0. The third-order valence-electron chi connectivity index (χ3n) is 7.69. The van der Waals surface area contributed by atoms with E-state index in [0.717, 1.165) is 55.7 Å². The van der Waals surface area contributed by atoms with E-state index < -0.39 is 0 Å². The zero-order chi connectivity index (χ0) is 24.5. The van der Waals surface area contributed by atoms with Crippen LogP contribution in [0.25, 0.3) is 0 Å². The largest absolute Gasteiger partial charge is 0.494 e. The van der Waals surface area contributed by atoms with Gasteiger partial charge in [-0.2, -0.15) is 0 Å². The molecular weight excluding hydrogens is 436 g/mol. The van der Waals surface area contributed by atoms with Gasteiger partial charge in [-0.1, -0.05) is 31.4 Å². The van der Waals surface area contributed by atoms with Crippen molar-refractivity contribution in [2.45, 2.75) is 76.8 Å². The van der Waals surface area contributed by atoms with E-state index in [9.17, 15) is 0 Å². The van der Waals surface area contributed by atoms with Crippen molar-refractivity contribution in [2.24, 2.45) is 0 Å². The smallest absolute Gasteiger partial charge is 0.161 e. The Labute approximate surface area is 212 Å². The van der Waals surface area contributed by atoms with Crippen LogP contribution in [-0.2, 0) is 12.8 Å². The van der Waals surface area contributed by atoms with Crippen molar-refractivity contribution in [2.75, 3.05) is 40.5 Å². The molecule has 5 heteroatoms. The number of likely N-dealkylation sites (tertiary alicyclic amines) is 1. The summed E-state index contributed by atoms with van der Waals surface area (Å²) in [6, 6.07) is 13.9. The van der Waals surface area contributed by atoms with E-state index in [0.29, 0.717) is 0 Å². The highest BCUT2D eigenvalue weighted by atomic mass is 16.5. The molecule has 0 aromatic heterocycles. The molecular formula is C30H44N2O3. The van der Waals surface area contributed by atoms with Crippen molar-refractivity contribution in [3.8, 4) is 17.2 Å². The van der Waals surface area contributed by atoms with Crippen LogP contribution in [0.1, 0.15) is 74.6 Å². The first-order valence-corrected chi connectivity index (χ1v) is 13.6. The number of piperidine rings is 1. The average Bonchev–Trinajstić information content (AvgIpc) is 2.88. The first-order valence-electron chi connectivity index (χ1n) is 13.6. The monoisotopic (exact) mass is 480 g/mol. The minimum absolute atomic E-state index is 0.261. The average molecular weight is 481 g/mol. The Morgan fingerprint density at radius 2 is 1.80 bits per heavy atom. The molecule has 2 heterocycles. The highest BCUT2D eigenvalue weighted by molar-refractivity contribution is 5.50. The Bertz CT molecular complexity index is 932. The molecule has 2 aliphatic rings. The first-order chi connectivity index (χ1) is 17.2. The molecule has 0 aliphatic carbocycles. The molecule has 192 valence electrons. The summed E-state index contributed by atoms with van der Waals surface area (Å²) in [5.41, 5.74) is 3.94. The zero-order valence-electron chi connectivity index (χ0n) is 22.0. The minimum Gasteiger partial charge on any atom is -0.494 e. The molecule has 0 spiro atoms. The summed E-state index contributed by atoms with van der Waals surface area (Å²) in [4.78, 5) is 2.68. The summed E-state index contributed by atoms with van der Waals surface area (Å²) in [6.45, 7) is 6.72. The van der Waals surface area contributed by atoms with Gasteiger partial charge in [-0.3, -0.25) is 0 Å². The second kappa shape index (κ2) is 13.2. The van der Waals surface area contributed by atoms with Crippen LogP contribution in [0, 0.1) is 0 Å². The Kier molecular flexibility index (Phi) is 9.73. The summed E-state index contributed by atoms with van der Waals surface area (Å²) >= 11 is 0. The first kappa shape index (κ1) is 25.8. The van der Waals surface area contributed by atoms with Crippen LogP contribution in [0.2, 0.25) is 0 Å². The SMILES string of the molecule is COc1cc2c(cc1OC)C(Cc1cccc(OCCCCCCN3CCCCC3C)c1)NCC2. The number of rotatable bonds is 12. The lowest BCUT2D eigenvalue weighted by Gasteiger charge is -2.33. The molecule has 2 unspecified atom stereocenters. The van der Waals surface area contributed by atoms with Gasteiger partial charge in [0.25, 0.3) is 0 Å². The van der Waals surface area contributed by atoms with Gasteiger partial charge in [0.2, 0.25) is 0 Å². The van der Waals surface area contributed by atoms with Crippen molar-refractivity contribution in [3.63, 3.8) is 0 Å². The summed E-state index contributed by atoms with van der Waals surface area (Å²) in [5, 5.41) is 3.69. The molecule has 1 N–H and O–H groups in total. The second-order valence-electron chi connectivity index (χ2n) is 10.2. The second-order valence-corrected chi connectivity index (χ2v) is 10.2. The van der Waals surface area contributed by atoms with Crippen LogP contribution in [-0.4, -0.2) is 51.4 Å². The van der Waals surface area contributed by atoms with Gasteiger partial charge in [-0.05, 0) is 106 Å². The maximum absolute atomic E-state index is 6.12. The Morgan fingerprint density at radius 1 is 0.971 bits per heavy atom. The van der Waals surface area contributed by atoms with Crippen LogP contribution in [0.3, 0.4) is 0 Å². The lowest BCUT2D eigenvalue weighted by atomic mass is 9.90. The van der Waals surface area contributed by atoms with Gasteiger partial charge < -0.3 is 24.4 Å². The van der Waals surface area contributed by atoms with Crippen LogP contribution in [0.5, 0.6) is 17.2 Å². The maximum Gasteiger partial charge on any atom is 0.161 e. The van der Waals surface area contributed by atoms with Crippen molar-refractivity contribution >= 4 is 0 Å². The van der Waals surface area contributed by atoms with Crippen molar-refractivity contribution < 1.29 is 14.2 Å². The molecule has 0 radical (unpaired) electrons. The summed E-state index contributed by atoms with van der Waals surface area (Å²) < 4.78 is 17.2. The number of fused-ring (bicyclic) bond motifs is 1. The molecule has 2 aromatic carbocycles. The van der Waals surface area contributed by atoms with E-state index in [1.54, 1.807) is 14.2 Å². The molecule has 5 nitrogen and oxygen atoms in total. The summed E-state index contributed by atoms with van der Waals surface area (Å²) in [6.07, 6.45) is 11.1. The number of unbranched alkanes of at least 4 members (excludes halogenated alkanes) is 3. The van der Waals surface area contributed by atoms with Crippen molar-refractivity contribution in [1.29, 1.82) is 0 Å². The molecule has 0 bridgehead atoms. The van der Waals surface area contributed by atoms with Gasteiger partial charge in [0, 0.05) is 12.1 Å². The summed E-state index contributed by atoms with van der Waals surface area (Å²) in [7, 11) is 3.40. The number of benzene rings is 2. The van der Waals surface area contributed by atoms with E-state index >= 15 is 0 Å². The van der Waals surface area contributed by atoms with Gasteiger partial charge in [-0.25, -0.2) is 0 Å². The molecule has 0 saturated carbocycles. The van der Waals surface area contributed by atoms with Crippen molar-refractivity contribution in [1.82, 2.24) is 10.2 Å².